The van der Waals surface area contributed by atoms with Crippen molar-refractivity contribution in [2.75, 3.05) is 0 Å². The van der Waals surface area contributed by atoms with E-state index in [9.17, 15) is 4.79 Å². The van der Waals surface area contributed by atoms with Crippen LogP contribution in [0.5, 0.6) is 0 Å². The lowest BCUT2D eigenvalue weighted by atomic mass is 10.0. The summed E-state index contributed by atoms with van der Waals surface area (Å²) in [7, 11) is 0. The van der Waals surface area contributed by atoms with E-state index in [1.54, 1.807) is 35.1 Å². The lowest BCUT2D eigenvalue weighted by molar-refractivity contribution is -0.121. The van der Waals surface area contributed by atoms with Gasteiger partial charge in [-0.2, -0.15) is 4.98 Å². The van der Waals surface area contributed by atoms with E-state index in [1.165, 1.54) is 0 Å². The fourth-order valence-electron chi connectivity index (χ4n) is 2.78. The van der Waals surface area contributed by atoms with E-state index < -0.39 is 0 Å². The van der Waals surface area contributed by atoms with Crippen LogP contribution in [0.1, 0.15) is 31.5 Å². The topological polar surface area (TPSA) is 93.8 Å². The van der Waals surface area contributed by atoms with E-state index in [0.29, 0.717) is 11.7 Å². The number of amides is 1. The average Bonchev–Trinajstić information content (AvgIpc) is 3.47. The molecule has 0 aliphatic carbocycles. The summed E-state index contributed by atoms with van der Waals surface area (Å²) in [6, 6.07) is 7.26. The average molecular weight is 426 g/mol. The minimum absolute atomic E-state index is 0.0850. The number of hydrogen-bond acceptors (Lipinski definition) is 8. The first-order chi connectivity index (χ1) is 14.1. The molecule has 0 saturated carbocycles. The smallest absolute Gasteiger partial charge is 0.249 e. The van der Waals surface area contributed by atoms with Gasteiger partial charge in [0.05, 0.1) is 17.0 Å². The molecule has 0 aromatic carbocycles. The van der Waals surface area contributed by atoms with Gasteiger partial charge >= 0.3 is 0 Å². The van der Waals surface area contributed by atoms with Crippen molar-refractivity contribution < 1.29 is 9.32 Å². The Morgan fingerprint density at radius 1 is 1.17 bits per heavy atom. The Hall–Kier alpha value is -2.91. The second-order valence-electron chi connectivity index (χ2n) is 6.78. The van der Waals surface area contributed by atoms with Gasteiger partial charge in [-0.25, -0.2) is 4.98 Å². The number of pyridine rings is 1. The van der Waals surface area contributed by atoms with E-state index in [1.807, 2.05) is 48.9 Å². The third-order valence-corrected chi connectivity index (χ3v) is 6.19. The summed E-state index contributed by atoms with van der Waals surface area (Å²) in [4.78, 5) is 26.8. The van der Waals surface area contributed by atoms with Gasteiger partial charge in [0, 0.05) is 23.3 Å². The number of nitrogens with zero attached hydrogens (tertiary/aromatic N) is 4. The lowest BCUT2D eigenvalue weighted by Crippen LogP contribution is -2.33. The first-order valence-electron chi connectivity index (χ1n) is 9.12. The Balaban J connectivity index is 1.45. The van der Waals surface area contributed by atoms with E-state index in [2.05, 4.69) is 25.4 Å². The Morgan fingerprint density at radius 3 is 2.72 bits per heavy atom. The molecule has 0 saturated heterocycles. The molecule has 0 aliphatic rings. The number of thiazole rings is 1. The zero-order valence-corrected chi connectivity index (χ0v) is 17.5. The standard InChI is InChI=1S/C20H19N5O2S2/c1-12(2)17(19-24-18(25-27-19)13-5-7-21-8-6-13)23-16(26)10-14-11-29-20(22-14)15-4-3-9-28-15/h3-9,11-12,17H,10H2,1-2H3,(H,23,26). The van der Waals surface area contributed by atoms with E-state index >= 15 is 0 Å². The number of nitrogens with one attached hydrogen (secondary N) is 1. The highest BCUT2D eigenvalue weighted by atomic mass is 32.1. The van der Waals surface area contributed by atoms with Crippen LogP contribution in [0.15, 0.2) is 51.9 Å². The van der Waals surface area contributed by atoms with Crippen LogP contribution in [0.4, 0.5) is 0 Å². The summed E-state index contributed by atoms with van der Waals surface area (Å²) >= 11 is 3.18. The van der Waals surface area contributed by atoms with E-state index in [-0.39, 0.29) is 24.3 Å². The molecule has 148 valence electrons. The Morgan fingerprint density at radius 2 is 2.00 bits per heavy atom. The van der Waals surface area contributed by atoms with Crippen LogP contribution < -0.4 is 5.32 Å². The molecule has 4 aromatic rings. The number of carbonyl (C=O) groups excluding carboxylic acids is 1. The SMILES string of the molecule is CC(C)C(NC(=O)Cc1csc(-c2cccs2)n1)c1nc(-c2ccncc2)no1. The van der Waals surface area contributed by atoms with Gasteiger partial charge in [0.2, 0.25) is 17.6 Å². The molecule has 1 amide bonds. The predicted octanol–water partition coefficient (Wildman–Crippen LogP) is 4.37. The van der Waals surface area contributed by atoms with Crippen molar-refractivity contribution in [1.29, 1.82) is 0 Å². The molecule has 29 heavy (non-hydrogen) atoms. The van der Waals surface area contributed by atoms with Gasteiger partial charge in [-0.1, -0.05) is 25.1 Å². The highest BCUT2D eigenvalue weighted by molar-refractivity contribution is 7.20. The Kier molecular flexibility index (Phi) is 5.77. The van der Waals surface area contributed by atoms with Gasteiger partial charge < -0.3 is 9.84 Å². The van der Waals surface area contributed by atoms with Gasteiger partial charge in [0.1, 0.15) is 11.0 Å². The first kappa shape index (κ1) is 19.4. The molecule has 0 spiro atoms. The van der Waals surface area contributed by atoms with Crippen LogP contribution >= 0.6 is 22.7 Å². The van der Waals surface area contributed by atoms with Crippen LogP contribution in [-0.4, -0.2) is 26.0 Å². The monoisotopic (exact) mass is 425 g/mol. The normalized spacial score (nSPS) is 12.2. The third kappa shape index (κ3) is 4.57. The summed E-state index contributed by atoms with van der Waals surface area (Å²) in [6.07, 6.45) is 3.55. The van der Waals surface area contributed by atoms with Crippen molar-refractivity contribution in [2.24, 2.45) is 5.92 Å². The summed E-state index contributed by atoms with van der Waals surface area (Å²) in [5, 5.41) is 11.9. The quantitative estimate of drug-likeness (QED) is 0.472. The second-order valence-corrected chi connectivity index (χ2v) is 8.59. The number of aromatic nitrogens is 4. The van der Waals surface area contributed by atoms with Gasteiger partial charge in [0.15, 0.2) is 0 Å². The molecule has 7 nitrogen and oxygen atoms in total. The van der Waals surface area contributed by atoms with Gasteiger partial charge in [-0.15, -0.1) is 22.7 Å². The van der Waals surface area contributed by atoms with E-state index in [0.717, 1.165) is 21.1 Å². The van der Waals surface area contributed by atoms with Crippen LogP contribution in [0.25, 0.3) is 21.3 Å². The molecule has 1 unspecified atom stereocenters. The zero-order valence-electron chi connectivity index (χ0n) is 15.9. The molecule has 1 N–H and O–H groups in total. The molecule has 4 heterocycles. The van der Waals surface area contributed by atoms with Crippen LogP contribution in [0.3, 0.4) is 0 Å². The van der Waals surface area contributed by atoms with E-state index in [4.69, 9.17) is 4.52 Å². The number of carbonyl (C=O) groups is 1. The summed E-state index contributed by atoms with van der Waals surface area (Å²) in [5.74, 6) is 0.817. The maximum atomic E-state index is 12.6. The van der Waals surface area contributed by atoms with Crippen molar-refractivity contribution in [3.05, 3.63) is 59.0 Å². The molecule has 0 aliphatic heterocycles. The molecule has 0 fully saturated rings. The maximum absolute atomic E-state index is 12.6. The number of hydrogen-bond donors (Lipinski definition) is 1. The summed E-state index contributed by atoms with van der Waals surface area (Å²) in [5.41, 5.74) is 1.56. The third-order valence-electron chi connectivity index (χ3n) is 4.25. The van der Waals surface area contributed by atoms with Crippen molar-refractivity contribution in [1.82, 2.24) is 25.4 Å². The Bertz CT molecular complexity index is 1070. The summed E-state index contributed by atoms with van der Waals surface area (Å²) < 4.78 is 5.44. The highest BCUT2D eigenvalue weighted by Gasteiger charge is 2.25. The van der Waals surface area contributed by atoms with Crippen molar-refractivity contribution >= 4 is 28.6 Å². The number of rotatable bonds is 7. The molecule has 4 aromatic heterocycles. The predicted molar refractivity (Wildman–Crippen MR) is 112 cm³/mol. The zero-order chi connectivity index (χ0) is 20.2. The lowest BCUT2D eigenvalue weighted by Gasteiger charge is -2.18. The summed E-state index contributed by atoms with van der Waals surface area (Å²) in [6.45, 7) is 4.00. The first-order valence-corrected chi connectivity index (χ1v) is 10.9. The van der Waals surface area contributed by atoms with Gasteiger partial charge in [0.25, 0.3) is 0 Å². The fourth-order valence-corrected chi connectivity index (χ4v) is 4.42. The second kappa shape index (κ2) is 8.62. The Labute approximate surface area is 175 Å². The minimum Gasteiger partial charge on any atom is -0.344 e. The molecule has 9 heteroatoms. The minimum atomic E-state index is -0.374. The molecule has 0 radical (unpaired) electrons. The largest absolute Gasteiger partial charge is 0.344 e. The highest BCUT2D eigenvalue weighted by Crippen LogP contribution is 2.28. The number of thiophene rings is 1. The van der Waals surface area contributed by atoms with Crippen LogP contribution in [0.2, 0.25) is 0 Å². The van der Waals surface area contributed by atoms with Gasteiger partial charge in [-0.3, -0.25) is 9.78 Å². The van der Waals surface area contributed by atoms with Crippen molar-refractivity contribution in [3.8, 4) is 21.3 Å². The molecule has 0 bridgehead atoms. The van der Waals surface area contributed by atoms with Gasteiger partial charge in [-0.05, 0) is 29.5 Å². The van der Waals surface area contributed by atoms with Crippen molar-refractivity contribution in [3.63, 3.8) is 0 Å². The van der Waals surface area contributed by atoms with Crippen molar-refractivity contribution in [2.45, 2.75) is 26.3 Å². The molecule has 1 atom stereocenters. The molecular weight excluding hydrogens is 406 g/mol. The maximum Gasteiger partial charge on any atom is 0.249 e. The molecule has 4 rings (SSSR count). The van der Waals surface area contributed by atoms with Crippen LogP contribution in [0, 0.1) is 5.92 Å². The molecular formula is C20H19N5O2S2. The van der Waals surface area contributed by atoms with Crippen LogP contribution in [-0.2, 0) is 11.2 Å². The fraction of sp³-hybridized carbons (Fsp3) is 0.250.